The van der Waals surface area contributed by atoms with Crippen LogP contribution in [0.15, 0.2) is 77.4 Å². The molecule has 7 nitrogen and oxygen atoms in total. The summed E-state index contributed by atoms with van der Waals surface area (Å²) in [7, 11) is 0. The second kappa shape index (κ2) is 9.55. The molecule has 31 heavy (non-hydrogen) atoms. The number of terminal acetylenes is 1. The van der Waals surface area contributed by atoms with E-state index >= 15 is 0 Å². The Morgan fingerprint density at radius 1 is 1.10 bits per heavy atom. The number of carbonyl (C=O) groups is 1. The lowest BCUT2D eigenvalue weighted by Crippen LogP contribution is -2.30. The molecule has 7 heteroatoms. The van der Waals surface area contributed by atoms with Crippen molar-refractivity contribution in [3.8, 4) is 23.7 Å². The Balaban J connectivity index is 1.41. The summed E-state index contributed by atoms with van der Waals surface area (Å²) >= 11 is 0. The molecule has 0 aliphatic heterocycles. The predicted molar refractivity (Wildman–Crippen MR) is 117 cm³/mol. The highest BCUT2D eigenvalue weighted by Crippen LogP contribution is 2.21. The van der Waals surface area contributed by atoms with Gasteiger partial charge in [0.1, 0.15) is 5.76 Å². The van der Waals surface area contributed by atoms with Crippen LogP contribution in [0.2, 0.25) is 0 Å². The average Bonchev–Trinajstić information content (AvgIpc) is 3.50. The van der Waals surface area contributed by atoms with Gasteiger partial charge in [0.2, 0.25) is 11.7 Å². The van der Waals surface area contributed by atoms with E-state index in [1.807, 2.05) is 60.7 Å². The molecule has 0 atom stereocenters. The number of carbonyl (C=O) groups excluding carboxylic acids is 1. The first-order valence-electron chi connectivity index (χ1n) is 9.95. The molecule has 2 aromatic heterocycles. The number of aromatic nitrogens is 4. The van der Waals surface area contributed by atoms with Gasteiger partial charge in [0, 0.05) is 23.2 Å². The van der Waals surface area contributed by atoms with Gasteiger partial charge in [-0.3, -0.25) is 4.79 Å². The Hall–Kier alpha value is -4.18. The van der Waals surface area contributed by atoms with Crippen molar-refractivity contribution in [2.24, 2.45) is 0 Å². The van der Waals surface area contributed by atoms with Gasteiger partial charge in [0.25, 0.3) is 0 Å². The summed E-state index contributed by atoms with van der Waals surface area (Å²) < 4.78 is 5.44. The number of benzene rings is 2. The Bertz CT molecular complexity index is 1180. The molecule has 0 saturated heterocycles. The van der Waals surface area contributed by atoms with Gasteiger partial charge in [-0.1, -0.05) is 42.3 Å². The Kier molecular flexibility index (Phi) is 6.19. The Morgan fingerprint density at radius 3 is 2.74 bits per heavy atom. The summed E-state index contributed by atoms with van der Waals surface area (Å²) in [5.74, 6) is 3.84. The molecule has 0 unspecified atom stereocenters. The lowest BCUT2D eigenvalue weighted by molar-refractivity contribution is -0.119. The van der Waals surface area contributed by atoms with E-state index in [2.05, 4.69) is 21.3 Å². The van der Waals surface area contributed by atoms with E-state index in [4.69, 9.17) is 10.8 Å². The predicted octanol–water partition coefficient (Wildman–Crippen LogP) is 3.93. The topological polar surface area (TPSA) is 77.0 Å². The van der Waals surface area contributed by atoms with Crippen LogP contribution in [0.25, 0.3) is 11.4 Å². The van der Waals surface area contributed by atoms with Gasteiger partial charge in [-0.2, -0.15) is 4.80 Å². The third-order valence-electron chi connectivity index (χ3n) is 4.75. The molecule has 0 spiro atoms. The first-order valence-corrected chi connectivity index (χ1v) is 9.95. The van der Waals surface area contributed by atoms with Gasteiger partial charge >= 0.3 is 0 Å². The molecule has 2 heterocycles. The fraction of sp³-hybridized carbons (Fsp3) is 0.167. The number of furan rings is 1. The van der Waals surface area contributed by atoms with Gasteiger partial charge in [0.15, 0.2) is 0 Å². The molecule has 0 saturated carbocycles. The van der Waals surface area contributed by atoms with E-state index in [0.29, 0.717) is 37.5 Å². The van der Waals surface area contributed by atoms with Crippen LogP contribution in [0.3, 0.4) is 0 Å². The van der Waals surface area contributed by atoms with Crippen LogP contribution < -0.4 is 4.90 Å². The minimum atomic E-state index is -0.0334. The third kappa shape index (κ3) is 5.06. The zero-order valence-corrected chi connectivity index (χ0v) is 16.9. The van der Waals surface area contributed by atoms with Gasteiger partial charge in [-0.25, -0.2) is 0 Å². The van der Waals surface area contributed by atoms with Crippen molar-refractivity contribution >= 4 is 11.6 Å². The average molecular weight is 411 g/mol. The lowest BCUT2D eigenvalue weighted by Gasteiger charge is -2.22. The maximum atomic E-state index is 13.1. The summed E-state index contributed by atoms with van der Waals surface area (Å²) in [4.78, 5) is 16.3. The normalized spacial score (nSPS) is 10.5. The molecular formula is C24H21N5O2. The molecule has 0 fully saturated rings. The number of rotatable bonds is 8. The molecule has 154 valence electrons. The number of tetrazole rings is 1. The van der Waals surface area contributed by atoms with Crippen molar-refractivity contribution in [3.63, 3.8) is 0 Å². The SMILES string of the molecule is C#Cc1cccc(N(Cc2ccco2)C(=O)CCCn2nnc(-c3ccccc3)n2)c1. The highest BCUT2D eigenvalue weighted by molar-refractivity contribution is 5.93. The summed E-state index contributed by atoms with van der Waals surface area (Å²) in [6, 6.07) is 20.7. The zero-order valence-electron chi connectivity index (χ0n) is 16.9. The molecule has 0 N–H and O–H groups in total. The maximum Gasteiger partial charge on any atom is 0.227 e. The van der Waals surface area contributed by atoms with Crippen LogP contribution in [0.5, 0.6) is 0 Å². The van der Waals surface area contributed by atoms with E-state index in [1.54, 1.807) is 17.2 Å². The van der Waals surface area contributed by atoms with E-state index in [-0.39, 0.29) is 5.91 Å². The molecule has 2 aromatic carbocycles. The Labute approximate surface area is 180 Å². The summed E-state index contributed by atoms with van der Waals surface area (Å²) in [5.41, 5.74) is 2.36. The van der Waals surface area contributed by atoms with Crippen molar-refractivity contribution in [1.82, 2.24) is 20.2 Å². The maximum absolute atomic E-state index is 13.1. The molecule has 0 aliphatic rings. The van der Waals surface area contributed by atoms with Crippen LogP contribution in [0.1, 0.15) is 24.2 Å². The van der Waals surface area contributed by atoms with Crippen LogP contribution >= 0.6 is 0 Å². The minimum absolute atomic E-state index is 0.0334. The molecular weight excluding hydrogens is 390 g/mol. The monoisotopic (exact) mass is 411 g/mol. The van der Waals surface area contributed by atoms with Crippen LogP contribution in [0.4, 0.5) is 5.69 Å². The van der Waals surface area contributed by atoms with Gasteiger partial charge in [-0.15, -0.1) is 16.6 Å². The highest BCUT2D eigenvalue weighted by Gasteiger charge is 2.18. The molecule has 1 amide bonds. The summed E-state index contributed by atoms with van der Waals surface area (Å²) in [6.45, 7) is 0.824. The molecule has 4 rings (SSSR count). The fourth-order valence-corrected chi connectivity index (χ4v) is 3.19. The van der Waals surface area contributed by atoms with Crippen molar-refractivity contribution < 1.29 is 9.21 Å². The van der Waals surface area contributed by atoms with E-state index < -0.39 is 0 Å². The second-order valence-electron chi connectivity index (χ2n) is 6.93. The molecule has 0 bridgehead atoms. The smallest absolute Gasteiger partial charge is 0.227 e. The fourth-order valence-electron chi connectivity index (χ4n) is 3.19. The third-order valence-corrected chi connectivity index (χ3v) is 4.75. The molecule has 0 aliphatic carbocycles. The summed E-state index contributed by atoms with van der Waals surface area (Å²) in [5, 5.41) is 12.6. The van der Waals surface area contributed by atoms with Crippen LogP contribution in [0, 0.1) is 12.3 Å². The van der Waals surface area contributed by atoms with Gasteiger partial charge < -0.3 is 9.32 Å². The van der Waals surface area contributed by atoms with Crippen molar-refractivity contribution in [2.75, 3.05) is 4.90 Å². The van der Waals surface area contributed by atoms with E-state index in [0.717, 1.165) is 16.8 Å². The van der Waals surface area contributed by atoms with Crippen molar-refractivity contribution in [3.05, 3.63) is 84.3 Å². The lowest BCUT2D eigenvalue weighted by atomic mass is 10.1. The van der Waals surface area contributed by atoms with Crippen molar-refractivity contribution in [2.45, 2.75) is 25.9 Å². The zero-order chi connectivity index (χ0) is 21.5. The first kappa shape index (κ1) is 20.1. The first-order chi connectivity index (χ1) is 15.2. The van der Waals surface area contributed by atoms with Crippen molar-refractivity contribution in [1.29, 1.82) is 0 Å². The van der Waals surface area contributed by atoms with E-state index in [1.165, 1.54) is 4.80 Å². The highest BCUT2D eigenvalue weighted by atomic mass is 16.3. The van der Waals surface area contributed by atoms with Gasteiger partial charge in [0.05, 0.1) is 19.4 Å². The number of anilines is 1. The Morgan fingerprint density at radius 2 is 1.97 bits per heavy atom. The number of hydrogen-bond donors (Lipinski definition) is 0. The van der Waals surface area contributed by atoms with E-state index in [9.17, 15) is 4.79 Å². The number of nitrogens with zero attached hydrogens (tertiary/aromatic N) is 5. The summed E-state index contributed by atoms with van der Waals surface area (Å²) in [6.07, 6.45) is 8.02. The largest absolute Gasteiger partial charge is 0.467 e. The molecule has 4 aromatic rings. The standard InChI is InChI=1S/C24H21N5O2/c1-2-19-9-6-12-21(17-19)28(18-22-13-8-16-31-22)23(30)14-7-15-29-26-24(25-27-29)20-10-4-3-5-11-20/h1,3-6,8-13,16-17H,7,14-15,18H2. The van der Waals surface area contributed by atoms with Gasteiger partial charge in [-0.05, 0) is 42.0 Å². The minimum Gasteiger partial charge on any atom is -0.467 e. The van der Waals surface area contributed by atoms with Crippen LogP contribution in [-0.4, -0.2) is 26.1 Å². The number of aryl methyl sites for hydroxylation is 1. The number of amides is 1. The van der Waals surface area contributed by atoms with Crippen LogP contribution in [-0.2, 0) is 17.9 Å². The number of hydrogen-bond acceptors (Lipinski definition) is 5. The molecule has 0 radical (unpaired) electrons. The second-order valence-corrected chi connectivity index (χ2v) is 6.93. The quantitative estimate of drug-likeness (QED) is 0.411.